The van der Waals surface area contributed by atoms with Gasteiger partial charge in [0.1, 0.15) is 5.01 Å². The van der Waals surface area contributed by atoms with E-state index >= 15 is 0 Å². The molecule has 266 valence electrons. The lowest BCUT2D eigenvalue weighted by Gasteiger charge is -2.24. The molecule has 0 radical (unpaired) electrons. The Kier molecular flexibility index (Phi) is 9.82. The van der Waals surface area contributed by atoms with Crippen LogP contribution < -0.4 is 4.90 Å². The van der Waals surface area contributed by atoms with Crippen LogP contribution in [0.3, 0.4) is 0 Å². The van der Waals surface area contributed by atoms with Gasteiger partial charge in [-0.25, -0.2) is 4.98 Å². The smallest absolute Gasteiger partial charge is 0.330 e. The molecule has 0 amide bonds. The fourth-order valence-electron chi connectivity index (χ4n) is 5.71. The molecule has 2 heterocycles. The molecular weight excluding hydrogens is 695 g/mol. The van der Waals surface area contributed by atoms with E-state index in [0.29, 0.717) is 34.8 Å². The maximum atomic E-state index is 14.1. The van der Waals surface area contributed by atoms with Crippen molar-refractivity contribution in [3.05, 3.63) is 97.4 Å². The van der Waals surface area contributed by atoms with Gasteiger partial charge in [-0.1, -0.05) is 24.2 Å². The van der Waals surface area contributed by atoms with Gasteiger partial charge in [0.15, 0.2) is 0 Å². The molecule has 0 aliphatic heterocycles. The van der Waals surface area contributed by atoms with Crippen molar-refractivity contribution in [2.24, 2.45) is 7.05 Å². The molecule has 50 heavy (non-hydrogen) atoms. The number of rotatable bonds is 8. The Morgan fingerprint density at radius 3 is 1.82 bits per heavy atom. The summed E-state index contributed by atoms with van der Waals surface area (Å²) in [6.45, 7) is 8.71. The summed E-state index contributed by atoms with van der Waals surface area (Å²) in [4.78, 5) is 7.91. The molecular formula is C34H31F9N6S. The SMILES string of the molecule is CCc1sc(-c2c(C)c(C)cc(C)c2C)nc1-c1ccc(C(F)(F)F)cc1CN(Cc1cc(C(F)(F)F)cc(C(F)(F)F)c1)c1nnn(C)n1. The molecule has 0 spiro atoms. The van der Waals surface area contributed by atoms with Crippen LogP contribution in [0.15, 0.2) is 42.5 Å². The monoisotopic (exact) mass is 726 g/mol. The number of thiazole rings is 1. The van der Waals surface area contributed by atoms with Crippen molar-refractivity contribution in [1.29, 1.82) is 0 Å². The van der Waals surface area contributed by atoms with Crippen LogP contribution in [0.5, 0.6) is 0 Å². The second kappa shape index (κ2) is 13.3. The van der Waals surface area contributed by atoms with Crippen LogP contribution in [0.25, 0.3) is 21.8 Å². The number of benzene rings is 3. The van der Waals surface area contributed by atoms with Crippen molar-refractivity contribution in [3.63, 3.8) is 0 Å². The van der Waals surface area contributed by atoms with E-state index in [1.165, 1.54) is 29.4 Å². The summed E-state index contributed by atoms with van der Waals surface area (Å²) in [6.07, 6.45) is -14.5. The van der Waals surface area contributed by atoms with Crippen molar-refractivity contribution < 1.29 is 39.5 Å². The van der Waals surface area contributed by atoms with Gasteiger partial charge in [-0.05, 0) is 103 Å². The van der Waals surface area contributed by atoms with E-state index in [9.17, 15) is 39.5 Å². The average Bonchev–Trinajstić information content (AvgIpc) is 3.64. The first-order valence-corrected chi connectivity index (χ1v) is 16.0. The third-order valence-corrected chi connectivity index (χ3v) is 9.67. The van der Waals surface area contributed by atoms with Crippen LogP contribution in [0, 0.1) is 27.7 Å². The summed E-state index contributed by atoms with van der Waals surface area (Å²) in [5.74, 6) is -0.224. The largest absolute Gasteiger partial charge is 0.416 e. The van der Waals surface area contributed by atoms with Gasteiger partial charge < -0.3 is 4.90 Å². The molecule has 0 aliphatic carbocycles. The number of halogens is 9. The zero-order valence-corrected chi connectivity index (χ0v) is 28.5. The van der Waals surface area contributed by atoms with E-state index < -0.39 is 53.9 Å². The van der Waals surface area contributed by atoms with Crippen LogP contribution in [-0.2, 0) is 45.1 Å². The number of aryl methyl sites for hydroxylation is 4. The first kappa shape index (κ1) is 36.8. The molecule has 0 atom stereocenters. The number of aromatic nitrogens is 5. The van der Waals surface area contributed by atoms with Crippen molar-refractivity contribution in [2.75, 3.05) is 4.90 Å². The fourth-order valence-corrected chi connectivity index (χ4v) is 6.89. The van der Waals surface area contributed by atoms with E-state index in [1.807, 2.05) is 34.6 Å². The molecule has 2 aromatic heterocycles. The highest BCUT2D eigenvalue weighted by atomic mass is 32.1. The normalized spacial score (nSPS) is 12.5. The van der Waals surface area contributed by atoms with E-state index in [4.69, 9.17) is 4.98 Å². The lowest BCUT2D eigenvalue weighted by molar-refractivity contribution is -0.143. The van der Waals surface area contributed by atoms with Gasteiger partial charge in [0.05, 0.1) is 29.4 Å². The molecule has 0 N–H and O–H groups in total. The molecule has 5 rings (SSSR count). The summed E-state index contributed by atoms with van der Waals surface area (Å²) in [5, 5.41) is 12.4. The average molecular weight is 727 g/mol. The Labute approximate surface area is 285 Å². The summed E-state index contributed by atoms with van der Waals surface area (Å²) < 4.78 is 124. The van der Waals surface area contributed by atoms with Gasteiger partial charge >= 0.3 is 18.5 Å². The summed E-state index contributed by atoms with van der Waals surface area (Å²) in [6, 6.07) is 6.28. The molecule has 0 saturated carbocycles. The predicted octanol–water partition coefficient (Wildman–Crippen LogP) is 10.1. The number of nitrogens with zero attached hydrogens (tertiary/aromatic N) is 6. The highest BCUT2D eigenvalue weighted by Crippen LogP contribution is 2.42. The van der Waals surface area contributed by atoms with Gasteiger partial charge in [0.2, 0.25) is 0 Å². The molecule has 0 unspecified atom stereocenters. The molecule has 3 aromatic carbocycles. The zero-order chi connectivity index (χ0) is 36.9. The van der Waals surface area contributed by atoms with Crippen molar-refractivity contribution in [2.45, 2.75) is 72.7 Å². The molecule has 0 aliphatic rings. The summed E-state index contributed by atoms with van der Waals surface area (Å²) in [7, 11) is 1.39. The van der Waals surface area contributed by atoms with Crippen molar-refractivity contribution >= 4 is 17.3 Å². The quantitative estimate of drug-likeness (QED) is 0.149. The summed E-state index contributed by atoms with van der Waals surface area (Å²) >= 11 is 1.40. The van der Waals surface area contributed by atoms with Crippen LogP contribution in [0.1, 0.15) is 61.9 Å². The molecule has 16 heteroatoms. The van der Waals surface area contributed by atoms with E-state index in [2.05, 4.69) is 21.5 Å². The first-order valence-electron chi connectivity index (χ1n) is 15.2. The Bertz CT molecular complexity index is 1980. The van der Waals surface area contributed by atoms with Gasteiger partial charge in [0, 0.05) is 29.1 Å². The number of anilines is 1. The topological polar surface area (TPSA) is 59.7 Å². The zero-order valence-electron chi connectivity index (χ0n) is 27.7. The second-order valence-electron chi connectivity index (χ2n) is 12.0. The molecule has 0 bridgehead atoms. The van der Waals surface area contributed by atoms with Gasteiger partial charge in [-0.15, -0.1) is 16.4 Å². The Morgan fingerprint density at radius 1 is 0.740 bits per heavy atom. The highest BCUT2D eigenvalue weighted by molar-refractivity contribution is 7.15. The molecule has 0 saturated heterocycles. The minimum Gasteiger partial charge on any atom is -0.330 e. The lowest BCUT2D eigenvalue weighted by Crippen LogP contribution is -2.25. The predicted molar refractivity (Wildman–Crippen MR) is 171 cm³/mol. The maximum absolute atomic E-state index is 14.1. The summed E-state index contributed by atoms with van der Waals surface area (Å²) in [5.41, 5.74) is 1.30. The number of hydrogen-bond acceptors (Lipinski definition) is 6. The minimum absolute atomic E-state index is 0.00454. The van der Waals surface area contributed by atoms with Gasteiger partial charge in [0.25, 0.3) is 5.95 Å². The number of tetrazole rings is 1. The molecule has 6 nitrogen and oxygen atoms in total. The fraction of sp³-hybridized carbons (Fsp3) is 0.353. The van der Waals surface area contributed by atoms with Crippen LogP contribution in [0.4, 0.5) is 45.5 Å². The van der Waals surface area contributed by atoms with Gasteiger partial charge in [-0.2, -0.15) is 44.3 Å². The molecule has 0 fully saturated rings. The highest BCUT2D eigenvalue weighted by Gasteiger charge is 2.37. The third-order valence-electron chi connectivity index (χ3n) is 8.45. The van der Waals surface area contributed by atoms with E-state index in [1.54, 1.807) is 0 Å². The first-order chi connectivity index (χ1) is 23.2. The van der Waals surface area contributed by atoms with E-state index in [-0.39, 0.29) is 17.6 Å². The van der Waals surface area contributed by atoms with Crippen LogP contribution in [0.2, 0.25) is 0 Å². The number of alkyl halides is 9. The Morgan fingerprint density at radius 2 is 1.32 bits per heavy atom. The Balaban J connectivity index is 1.69. The van der Waals surface area contributed by atoms with E-state index in [0.717, 1.165) is 49.6 Å². The van der Waals surface area contributed by atoms with Crippen molar-refractivity contribution in [3.8, 4) is 21.8 Å². The van der Waals surface area contributed by atoms with Crippen molar-refractivity contribution in [1.82, 2.24) is 25.2 Å². The molecule has 5 aromatic rings. The minimum atomic E-state index is -5.11. The van der Waals surface area contributed by atoms with Crippen LogP contribution >= 0.6 is 11.3 Å². The van der Waals surface area contributed by atoms with Crippen LogP contribution in [-0.4, -0.2) is 25.2 Å². The second-order valence-corrected chi connectivity index (χ2v) is 13.1. The lowest BCUT2D eigenvalue weighted by atomic mass is 9.94. The number of hydrogen-bond donors (Lipinski definition) is 0. The third kappa shape index (κ3) is 7.64. The maximum Gasteiger partial charge on any atom is 0.416 e. The van der Waals surface area contributed by atoms with Gasteiger partial charge in [-0.3, -0.25) is 0 Å². The Hall–Kier alpha value is -4.47. The standard InChI is InChI=1S/C34H31F9N6S/c1-7-27-29(44-30(50-27)28-19(4)17(2)10-18(3)20(28)5)26-9-8-23(32(35,36)37)13-22(26)16-49(31-45-47-48(6)46-31)15-21-11-24(33(38,39)40)14-25(12-21)34(41,42)43/h8-14H,7,15-16H2,1-6H3.